The monoisotopic (exact) mass is 419 g/mol. The fourth-order valence-corrected chi connectivity index (χ4v) is 3.06. The van der Waals surface area contributed by atoms with Crippen LogP contribution >= 0.6 is 0 Å². The molecule has 0 spiro atoms. The van der Waals surface area contributed by atoms with E-state index in [9.17, 15) is 10.1 Å². The Morgan fingerprint density at radius 1 is 1.10 bits per heavy atom. The molecule has 0 saturated heterocycles. The largest absolute Gasteiger partial charge is 0.490 e. The molecule has 7 heteroatoms. The summed E-state index contributed by atoms with van der Waals surface area (Å²) in [4.78, 5) is 19.4. The van der Waals surface area contributed by atoms with Gasteiger partial charge in [0.1, 0.15) is 11.9 Å². The number of imidazole rings is 1. The third-order valence-electron chi connectivity index (χ3n) is 4.70. The van der Waals surface area contributed by atoms with Crippen molar-refractivity contribution in [3.8, 4) is 17.6 Å². The number of allylic oxidation sites excluding steroid dienone is 1. The number of hydrogen-bond acceptors (Lipinski definition) is 6. The van der Waals surface area contributed by atoms with E-state index in [1.807, 2.05) is 32.9 Å². The van der Waals surface area contributed by atoms with Crippen LogP contribution in [0.5, 0.6) is 11.5 Å². The number of nitrogens with zero attached hydrogens (tertiary/aromatic N) is 2. The molecule has 7 nitrogen and oxygen atoms in total. The number of esters is 1. The van der Waals surface area contributed by atoms with Gasteiger partial charge in [-0.05, 0) is 74.7 Å². The quantitative estimate of drug-likeness (QED) is 0.424. The van der Waals surface area contributed by atoms with Crippen LogP contribution in [0.2, 0.25) is 0 Å². The Balaban J connectivity index is 1.90. The van der Waals surface area contributed by atoms with Crippen molar-refractivity contribution in [3.63, 3.8) is 0 Å². The van der Waals surface area contributed by atoms with E-state index in [2.05, 4.69) is 16.0 Å². The molecule has 0 amide bonds. The number of aromatic amines is 1. The highest BCUT2D eigenvalue weighted by Gasteiger charge is 2.12. The Hall–Kier alpha value is -3.79. The third-order valence-corrected chi connectivity index (χ3v) is 4.70. The van der Waals surface area contributed by atoms with Crippen LogP contribution in [0.4, 0.5) is 0 Å². The van der Waals surface area contributed by atoms with Crippen LogP contribution in [-0.2, 0) is 9.53 Å². The molecule has 3 aromatic rings. The highest BCUT2D eigenvalue weighted by molar-refractivity contribution is 5.90. The molecule has 0 aliphatic rings. The molecule has 160 valence electrons. The summed E-state index contributed by atoms with van der Waals surface area (Å²) in [7, 11) is 0. The summed E-state index contributed by atoms with van der Waals surface area (Å²) >= 11 is 0. The third kappa shape index (κ3) is 5.23. The van der Waals surface area contributed by atoms with Crippen LogP contribution in [0, 0.1) is 25.2 Å². The summed E-state index contributed by atoms with van der Waals surface area (Å²) in [6.07, 6.45) is 1.73. The lowest BCUT2D eigenvalue weighted by molar-refractivity contribution is -0.145. The summed E-state index contributed by atoms with van der Waals surface area (Å²) in [5, 5.41) is 9.71. The first-order chi connectivity index (χ1) is 14.9. The number of aromatic nitrogens is 2. The lowest BCUT2D eigenvalue weighted by atomic mass is 10.1. The summed E-state index contributed by atoms with van der Waals surface area (Å²) in [6, 6.07) is 11.5. The molecule has 0 atom stereocenters. The van der Waals surface area contributed by atoms with Crippen molar-refractivity contribution in [1.29, 1.82) is 5.26 Å². The summed E-state index contributed by atoms with van der Waals surface area (Å²) < 4.78 is 16.1. The standard InChI is InChI=1S/C24H25N3O4/c1-5-29-22-12-17(7-8-21(22)31-14-23(28)30-6-2)11-18(13-25)24-26-19-9-15(3)16(4)10-20(19)27-24/h7-12H,5-6,14H2,1-4H3,(H,26,27)/b18-11-. The van der Waals surface area contributed by atoms with Crippen LogP contribution in [0.3, 0.4) is 0 Å². The van der Waals surface area contributed by atoms with Gasteiger partial charge in [0.05, 0.1) is 29.8 Å². The molecule has 1 N–H and O–H groups in total. The molecule has 0 radical (unpaired) electrons. The van der Waals surface area contributed by atoms with Crippen molar-refractivity contribution in [2.24, 2.45) is 0 Å². The topological polar surface area (TPSA) is 97.2 Å². The molecule has 0 aliphatic carbocycles. The molecule has 1 aromatic heterocycles. The van der Waals surface area contributed by atoms with E-state index in [0.717, 1.165) is 27.7 Å². The predicted molar refractivity (Wildman–Crippen MR) is 119 cm³/mol. The van der Waals surface area contributed by atoms with Crippen molar-refractivity contribution in [2.45, 2.75) is 27.7 Å². The molecule has 31 heavy (non-hydrogen) atoms. The van der Waals surface area contributed by atoms with Crippen LogP contribution < -0.4 is 9.47 Å². The molecule has 1 heterocycles. The van der Waals surface area contributed by atoms with Crippen molar-refractivity contribution in [1.82, 2.24) is 9.97 Å². The molecule has 3 rings (SSSR count). The zero-order valence-corrected chi connectivity index (χ0v) is 18.1. The number of nitrogens with one attached hydrogen (secondary N) is 1. The Kier molecular flexibility index (Phi) is 6.93. The number of hydrogen-bond donors (Lipinski definition) is 1. The van der Waals surface area contributed by atoms with E-state index >= 15 is 0 Å². The van der Waals surface area contributed by atoms with Crippen LogP contribution in [0.15, 0.2) is 30.3 Å². The van der Waals surface area contributed by atoms with Gasteiger partial charge in [-0.3, -0.25) is 0 Å². The molecule has 0 unspecified atom stereocenters. The number of nitriles is 1. The molecule has 0 fully saturated rings. The van der Waals surface area contributed by atoms with Gasteiger partial charge in [0, 0.05) is 0 Å². The first-order valence-electron chi connectivity index (χ1n) is 10.1. The molecule has 0 bridgehead atoms. The van der Waals surface area contributed by atoms with E-state index in [4.69, 9.17) is 14.2 Å². The van der Waals surface area contributed by atoms with Crippen molar-refractivity contribution in [3.05, 3.63) is 52.8 Å². The lowest BCUT2D eigenvalue weighted by Gasteiger charge is -2.12. The fraction of sp³-hybridized carbons (Fsp3) is 0.292. The van der Waals surface area contributed by atoms with Gasteiger partial charge in [0.25, 0.3) is 0 Å². The second-order valence-corrected chi connectivity index (χ2v) is 6.94. The fourth-order valence-electron chi connectivity index (χ4n) is 3.06. The zero-order chi connectivity index (χ0) is 22.4. The van der Waals surface area contributed by atoms with Gasteiger partial charge >= 0.3 is 5.97 Å². The SMILES string of the molecule is CCOC(=O)COc1ccc(/C=C(/C#N)c2nc3cc(C)c(C)cc3[nH]2)cc1OCC. The smallest absolute Gasteiger partial charge is 0.344 e. The molecular formula is C24H25N3O4. The van der Waals surface area contributed by atoms with Gasteiger partial charge in [0.2, 0.25) is 0 Å². The van der Waals surface area contributed by atoms with E-state index in [-0.39, 0.29) is 6.61 Å². The minimum Gasteiger partial charge on any atom is -0.490 e. The second kappa shape index (κ2) is 9.81. The van der Waals surface area contributed by atoms with Gasteiger partial charge in [-0.1, -0.05) is 6.07 Å². The number of rotatable bonds is 8. The molecular weight excluding hydrogens is 394 g/mol. The Morgan fingerprint density at radius 3 is 2.58 bits per heavy atom. The van der Waals surface area contributed by atoms with Gasteiger partial charge in [0.15, 0.2) is 18.1 Å². The highest BCUT2D eigenvalue weighted by atomic mass is 16.6. The molecule has 0 saturated carbocycles. The maximum Gasteiger partial charge on any atom is 0.344 e. The van der Waals surface area contributed by atoms with Crippen molar-refractivity contribution >= 4 is 28.7 Å². The summed E-state index contributed by atoms with van der Waals surface area (Å²) in [5.74, 6) is 0.966. The van der Waals surface area contributed by atoms with Gasteiger partial charge in [-0.25, -0.2) is 9.78 Å². The van der Waals surface area contributed by atoms with Crippen LogP contribution in [-0.4, -0.2) is 35.8 Å². The highest BCUT2D eigenvalue weighted by Crippen LogP contribution is 2.30. The number of carbonyl (C=O) groups is 1. The number of aryl methyl sites for hydroxylation is 2. The Bertz CT molecular complexity index is 1130. The van der Waals surface area contributed by atoms with Gasteiger partial charge < -0.3 is 19.2 Å². The Morgan fingerprint density at radius 2 is 1.87 bits per heavy atom. The normalized spacial score (nSPS) is 11.3. The van der Waals surface area contributed by atoms with Gasteiger partial charge in [-0.15, -0.1) is 0 Å². The number of benzene rings is 2. The average Bonchev–Trinajstić information content (AvgIpc) is 3.14. The molecule has 0 aliphatic heterocycles. The van der Waals surface area contributed by atoms with Crippen LogP contribution in [0.1, 0.15) is 36.4 Å². The Labute approximate surface area is 181 Å². The summed E-state index contributed by atoms with van der Waals surface area (Å²) in [5.41, 5.74) is 5.15. The average molecular weight is 419 g/mol. The number of H-pyrrole nitrogens is 1. The van der Waals surface area contributed by atoms with Gasteiger partial charge in [-0.2, -0.15) is 5.26 Å². The zero-order valence-electron chi connectivity index (χ0n) is 18.1. The number of ether oxygens (including phenoxy) is 3. The van der Waals surface area contributed by atoms with Crippen LogP contribution in [0.25, 0.3) is 22.7 Å². The lowest BCUT2D eigenvalue weighted by Crippen LogP contribution is -2.15. The van der Waals surface area contributed by atoms with Crippen molar-refractivity contribution < 1.29 is 19.0 Å². The van der Waals surface area contributed by atoms with E-state index in [1.54, 1.807) is 31.2 Å². The van der Waals surface area contributed by atoms with E-state index in [0.29, 0.717) is 36.1 Å². The van der Waals surface area contributed by atoms with Crippen molar-refractivity contribution in [2.75, 3.05) is 19.8 Å². The maximum absolute atomic E-state index is 11.6. The van der Waals surface area contributed by atoms with E-state index < -0.39 is 5.97 Å². The number of fused-ring (bicyclic) bond motifs is 1. The summed E-state index contributed by atoms with van der Waals surface area (Å²) in [6.45, 7) is 8.18. The van der Waals surface area contributed by atoms with E-state index in [1.165, 1.54) is 0 Å². The first-order valence-corrected chi connectivity index (χ1v) is 10.1. The minimum absolute atomic E-state index is 0.204. The molecule has 2 aromatic carbocycles. The predicted octanol–water partition coefficient (Wildman–Crippen LogP) is 4.58. The second-order valence-electron chi connectivity index (χ2n) is 6.94. The first kappa shape index (κ1) is 21.9. The maximum atomic E-state index is 11.6. The number of carbonyl (C=O) groups excluding carboxylic acids is 1. The minimum atomic E-state index is -0.448.